The molecule has 2 nitrogen and oxygen atoms in total. The van der Waals surface area contributed by atoms with Gasteiger partial charge in [0.1, 0.15) is 5.75 Å². The van der Waals surface area contributed by atoms with Crippen LogP contribution in [0.1, 0.15) is 26.3 Å². The monoisotopic (exact) mass is 312 g/mol. The van der Waals surface area contributed by atoms with Crippen LogP contribution in [0.3, 0.4) is 0 Å². The van der Waals surface area contributed by atoms with Crippen molar-refractivity contribution in [3.63, 3.8) is 0 Å². The molecule has 120 valence electrons. The molecule has 0 aliphatic carbocycles. The van der Waals surface area contributed by atoms with Crippen molar-refractivity contribution in [3.8, 4) is 5.75 Å². The van der Waals surface area contributed by atoms with Crippen molar-refractivity contribution in [2.24, 2.45) is 5.92 Å². The summed E-state index contributed by atoms with van der Waals surface area (Å²) in [6.07, 6.45) is -4.75. The van der Waals surface area contributed by atoms with Crippen molar-refractivity contribution in [2.75, 3.05) is 6.61 Å². The number of halogens is 3. The summed E-state index contributed by atoms with van der Waals surface area (Å²) in [5, 5.41) is 10.9. The van der Waals surface area contributed by atoms with E-state index in [1.165, 1.54) is 12.1 Å². The molecular weight excluding hydrogens is 293 g/mol. The summed E-state index contributed by atoms with van der Waals surface area (Å²) in [6, 6.07) is 9.47. The van der Waals surface area contributed by atoms with Crippen molar-refractivity contribution in [1.29, 1.82) is 0 Å². The van der Waals surface area contributed by atoms with Gasteiger partial charge in [-0.3, -0.25) is 0 Å². The van der Waals surface area contributed by atoms with Gasteiger partial charge in [-0.15, -0.1) is 0 Å². The van der Waals surface area contributed by atoms with E-state index in [0.29, 0.717) is 29.0 Å². The Morgan fingerprint density at radius 2 is 1.82 bits per heavy atom. The summed E-state index contributed by atoms with van der Waals surface area (Å²) in [5.41, 5.74) is -3.09. The minimum atomic E-state index is -4.75. The Morgan fingerprint density at radius 1 is 1.14 bits per heavy atom. The van der Waals surface area contributed by atoms with Gasteiger partial charge in [-0.25, -0.2) is 0 Å². The number of benzene rings is 2. The van der Waals surface area contributed by atoms with E-state index in [4.69, 9.17) is 4.74 Å². The second-order valence-electron chi connectivity index (χ2n) is 5.96. The van der Waals surface area contributed by atoms with Crippen LogP contribution < -0.4 is 4.74 Å². The topological polar surface area (TPSA) is 29.5 Å². The Bertz CT molecular complexity index is 660. The zero-order valence-corrected chi connectivity index (χ0v) is 12.7. The zero-order valence-electron chi connectivity index (χ0n) is 12.7. The first-order valence-corrected chi connectivity index (χ1v) is 7.08. The van der Waals surface area contributed by atoms with E-state index in [0.717, 1.165) is 6.92 Å². The largest absolute Gasteiger partial charge is 0.493 e. The molecule has 0 heterocycles. The van der Waals surface area contributed by atoms with Gasteiger partial charge in [-0.1, -0.05) is 38.1 Å². The van der Waals surface area contributed by atoms with E-state index in [9.17, 15) is 18.3 Å². The number of hydrogen-bond acceptors (Lipinski definition) is 2. The Balaban J connectivity index is 2.53. The molecule has 2 aromatic carbocycles. The molecule has 0 aromatic heterocycles. The van der Waals surface area contributed by atoms with Crippen LogP contribution >= 0.6 is 0 Å². The Morgan fingerprint density at radius 3 is 2.41 bits per heavy atom. The van der Waals surface area contributed by atoms with Gasteiger partial charge >= 0.3 is 6.18 Å². The lowest BCUT2D eigenvalue weighted by Gasteiger charge is -2.28. The highest BCUT2D eigenvalue weighted by atomic mass is 19.4. The predicted octanol–water partition coefficient (Wildman–Crippen LogP) is 4.64. The van der Waals surface area contributed by atoms with E-state index in [2.05, 4.69) is 0 Å². The summed E-state index contributed by atoms with van der Waals surface area (Å²) >= 11 is 0. The van der Waals surface area contributed by atoms with Gasteiger partial charge in [0.15, 0.2) is 5.60 Å². The molecule has 22 heavy (non-hydrogen) atoms. The van der Waals surface area contributed by atoms with Gasteiger partial charge in [-0.05, 0) is 35.7 Å². The number of hydrogen-bond donors (Lipinski definition) is 1. The lowest BCUT2D eigenvalue weighted by molar-refractivity contribution is -0.258. The SMILES string of the molecule is CC(C)COc1ccc2cccc(C(C)(O)C(F)(F)F)c2c1. The van der Waals surface area contributed by atoms with E-state index in [1.54, 1.807) is 24.3 Å². The molecule has 0 aliphatic rings. The Labute approximate surface area is 127 Å². The highest BCUT2D eigenvalue weighted by Gasteiger charge is 2.51. The maximum Gasteiger partial charge on any atom is 0.421 e. The summed E-state index contributed by atoms with van der Waals surface area (Å²) in [7, 11) is 0. The fourth-order valence-corrected chi connectivity index (χ4v) is 2.18. The smallest absolute Gasteiger partial charge is 0.421 e. The fourth-order valence-electron chi connectivity index (χ4n) is 2.18. The molecule has 1 unspecified atom stereocenters. The zero-order chi connectivity index (χ0) is 16.5. The van der Waals surface area contributed by atoms with E-state index in [1.807, 2.05) is 13.8 Å². The summed E-state index contributed by atoms with van der Waals surface area (Å²) in [4.78, 5) is 0. The minimum Gasteiger partial charge on any atom is -0.493 e. The van der Waals surface area contributed by atoms with Crippen molar-refractivity contribution < 1.29 is 23.0 Å². The van der Waals surface area contributed by atoms with Crippen LogP contribution in [-0.4, -0.2) is 17.9 Å². The van der Waals surface area contributed by atoms with E-state index >= 15 is 0 Å². The van der Waals surface area contributed by atoms with Crippen molar-refractivity contribution in [3.05, 3.63) is 42.0 Å². The standard InChI is InChI=1S/C17H19F3O2/c1-11(2)10-22-13-8-7-12-5-4-6-15(14(12)9-13)16(3,21)17(18,19)20/h4-9,11,21H,10H2,1-3H3. The highest BCUT2D eigenvalue weighted by Crippen LogP contribution is 2.41. The molecule has 0 aliphatic heterocycles. The van der Waals surface area contributed by atoms with Gasteiger partial charge in [0.25, 0.3) is 0 Å². The first kappa shape index (κ1) is 16.6. The van der Waals surface area contributed by atoms with Gasteiger partial charge in [0.2, 0.25) is 0 Å². The minimum absolute atomic E-state index is 0.174. The second-order valence-corrected chi connectivity index (χ2v) is 5.96. The first-order chi connectivity index (χ1) is 10.1. The van der Waals surface area contributed by atoms with Gasteiger partial charge in [-0.2, -0.15) is 13.2 Å². The molecule has 5 heteroatoms. The van der Waals surface area contributed by atoms with Crippen LogP contribution in [0.2, 0.25) is 0 Å². The molecule has 0 radical (unpaired) electrons. The Hall–Kier alpha value is -1.75. The van der Waals surface area contributed by atoms with E-state index < -0.39 is 11.8 Å². The van der Waals surface area contributed by atoms with E-state index in [-0.39, 0.29) is 5.56 Å². The van der Waals surface area contributed by atoms with Gasteiger partial charge in [0, 0.05) is 5.56 Å². The van der Waals surface area contributed by atoms with Crippen LogP contribution in [-0.2, 0) is 5.60 Å². The molecule has 1 N–H and O–H groups in total. The van der Waals surface area contributed by atoms with Crippen molar-refractivity contribution in [2.45, 2.75) is 32.5 Å². The number of aliphatic hydroxyl groups is 1. The lowest BCUT2D eigenvalue weighted by Crippen LogP contribution is -2.39. The van der Waals surface area contributed by atoms with Crippen LogP contribution in [0.15, 0.2) is 36.4 Å². The average molecular weight is 312 g/mol. The first-order valence-electron chi connectivity index (χ1n) is 7.08. The highest BCUT2D eigenvalue weighted by molar-refractivity contribution is 5.87. The molecule has 0 saturated heterocycles. The molecule has 0 bridgehead atoms. The quantitative estimate of drug-likeness (QED) is 0.891. The number of fused-ring (bicyclic) bond motifs is 1. The average Bonchev–Trinajstić information content (AvgIpc) is 2.42. The maximum absolute atomic E-state index is 13.1. The van der Waals surface area contributed by atoms with Gasteiger partial charge in [0.05, 0.1) is 6.61 Å². The van der Waals surface area contributed by atoms with Gasteiger partial charge < -0.3 is 9.84 Å². The van der Waals surface area contributed by atoms with Crippen molar-refractivity contribution >= 4 is 10.8 Å². The number of rotatable bonds is 4. The summed E-state index contributed by atoms with van der Waals surface area (Å²) < 4.78 is 44.9. The third-order valence-corrected chi connectivity index (χ3v) is 3.51. The number of alkyl halides is 3. The second kappa shape index (κ2) is 5.80. The molecule has 1 atom stereocenters. The lowest BCUT2D eigenvalue weighted by atomic mass is 9.90. The number of ether oxygens (including phenoxy) is 1. The Kier molecular flexibility index (Phi) is 4.38. The van der Waals surface area contributed by atoms with Crippen LogP contribution in [0.25, 0.3) is 10.8 Å². The van der Waals surface area contributed by atoms with Crippen LogP contribution in [0.4, 0.5) is 13.2 Å². The predicted molar refractivity (Wildman–Crippen MR) is 79.9 cm³/mol. The molecule has 0 fully saturated rings. The fraction of sp³-hybridized carbons (Fsp3) is 0.412. The third kappa shape index (κ3) is 3.19. The summed E-state index contributed by atoms with van der Waals surface area (Å²) in [6.45, 7) is 5.22. The molecule has 2 aromatic rings. The summed E-state index contributed by atoms with van der Waals surface area (Å²) in [5.74, 6) is 0.802. The molecule has 0 spiro atoms. The molecule has 0 amide bonds. The van der Waals surface area contributed by atoms with Crippen molar-refractivity contribution in [1.82, 2.24) is 0 Å². The molecule has 0 saturated carbocycles. The van der Waals surface area contributed by atoms with Crippen LogP contribution in [0.5, 0.6) is 5.75 Å². The van der Waals surface area contributed by atoms with Crippen LogP contribution in [0, 0.1) is 5.92 Å². The molecular formula is C17H19F3O2. The normalized spacial score (nSPS) is 15.1. The third-order valence-electron chi connectivity index (χ3n) is 3.51. The maximum atomic E-state index is 13.1. The molecule has 2 rings (SSSR count).